The Morgan fingerprint density at radius 1 is 1.17 bits per heavy atom. The highest BCUT2D eigenvalue weighted by Crippen LogP contribution is 2.18. The number of halogens is 1. The van der Waals surface area contributed by atoms with Crippen molar-refractivity contribution in [3.8, 4) is 5.75 Å². The van der Waals surface area contributed by atoms with E-state index in [1.165, 1.54) is 17.1 Å². The summed E-state index contributed by atoms with van der Waals surface area (Å²) in [7, 11) is 0. The lowest BCUT2D eigenvalue weighted by molar-refractivity contribution is -0.130. The van der Waals surface area contributed by atoms with E-state index < -0.39 is 0 Å². The number of ether oxygens (including phenoxy) is 1. The molecule has 0 aromatic heterocycles. The van der Waals surface area contributed by atoms with Gasteiger partial charge in [0.05, 0.1) is 25.3 Å². The topological polar surface area (TPSA) is 41.9 Å². The summed E-state index contributed by atoms with van der Waals surface area (Å²) in [6, 6.07) is 13.7. The molecule has 0 aliphatic carbocycles. The van der Waals surface area contributed by atoms with Crippen LogP contribution in [0.4, 0.5) is 4.39 Å². The third-order valence-corrected chi connectivity index (χ3v) is 3.86. The molecule has 0 saturated carbocycles. The number of amides is 1. The molecular formula is C19H19FN2O2. The predicted octanol–water partition coefficient (Wildman–Crippen LogP) is 3.40. The van der Waals surface area contributed by atoms with E-state index in [-0.39, 0.29) is 18.1 Å². The minimum Gasteiger partial charge on any atom is -0.494 e. The summed E-state index contributed by atoms with van der Waals surface area (Å²) in [4.78, 5) is 12.3. The van der Waals surface area contributed by atoms with Crippen molar-refractivity contribution >= 4 is 11.6 Å². The fourth-order valence-electron chi connectivity index (χ4n) is 2.62. The molecule has 1 aliphatic rings. The summed E-state index contributed by atoms with van der Waals surface area (Å²) in [5.74, 6) is 0.440. The Balaban J connectivity index is 1.66. The van der Waals surface area contributed by atoms with Crippen LogP contribution in [0.1, 0.15) is 24.5 Å². The first kappa shape index (κ1) is 16.2. The Bertz CT molecular complexity index is 739. The first-order valence-electron chi connectivity index (χ1n) is 8.01. The van der Waals surface area contributed by atoms with Crippen LogP contribution in [0.25, 0.3) is 0 Å². The normalized spacial score (nSPS) is 13.8. The van der Waals surface area contributed by atoms with E-state index in [4.69, 9.17) is 4.74 Å². The fourth-order valence-corrected chi connectivity index (χ4v) is 2.62. The summed E-state index contributed by atoms with van der Waals surface area (Å²) in [5.41, 5.74) is 2.67. The molecule has 0 radical (unpaired) electrons. The molecule has 0 fully saturated rings. The first-order chi connectivity index (χ1) is 11.7. The molecule has 0 unspecified atom stereocenters. The Kier molecular flexibility index (Phi) is 4.89. The van der Waals surface area contributed by atoms with Crippen LogP contribution in [-0.2, 0) is 11.2 Å². The maximum atomic E-state index is 12.9. The van der Waals surface area contributed by atoms with Gasteiger partial charge in [-0.2, -0.15) is 5.10 Å². The van der Waals surface area contributed by atoms with Gasteiger partial charge in [0.2, 0.25) is 5.91 Å². The van der Waals surface area contributed by atoms with E-state index >= 15 is 0 Å². The molecule has 2 aromatic rings. The molecular weight excluding hydrogens is 307 g/mol. The third kappa shape index (κ3) is 3.79. The molecule has 0 saturated heterocycles. The van der Waals surface area contributed by atoms with Gasteiger partial charge in [0.15, 0.2) is 0 Å². The predicted molar refractivity (Wildman–Crippen MR) is 90.6 cm³/mol. The van der Waals surface area contributed by atoms with E-state index in [0.717, 1.165) is 29.0 Å². The Labute approximate surface area is 140 Å². The standard InChI is InChI=1S/C19H19FN2O2/c1-2-24-17-9-5-15(6-10-17)18-11-12-22(21-18)19(23)13-14-3-7-16(20)8-4-14/h3-10H,2,11-13H2,1H3. The maximum Gasteiger partial charge on any atom is 0.247 e. The Hall–Kier alpha value is -2.69. The number of rotatable bonds is 5. The van der Waals surface area contributed by atoms with Gasteiger partial charge >= 0.3 is 0 Å². The maximum absolute atomic E-state index is 12.9. The van der Waals surface area contributed by atoms with Crippen LogP contribution < -0.4 is 4.74 Å². The summed E-state index contributed by atoms with van der Waals surface area (Å²) < 4.78 is 18.3. The van der Waals surface area contributed by atoms with Crippen molar-refractivity contribution in [2.24, 2.45) is 5.10 Å². The van der Waals surface area contributed by atoms with Crippen LogP contribution in [0.2, 0.25) is 0 Å². The highest BCUT2D eigenvalue weighted by atomic mass is 19.1. The zero-order valence-corrected chi connectivity index (χ0v) is 13.5. The summed E-state index contributed by atoms with van der Waals surface area (Å²) in [6.07, 6.45) is 0.948. The molecule has 0 atom stereocenters. The van der Waals surface area contributed by atoms with Gasteiger partial charge < -0.3 is 4.74 Å². The molecule has 0 N–H and O–H groups in total. The molecule has 5 heteroatoms. The van der Waals surface area contributed by atoms with Crippen LogP contribution in [-0.4, -0.2) is 29.8 Å². The lowest BCUT2D eigenvalue weighted by Crippen LogP contribution is -2.25. The van der Waals surface area contributed by atoms with Crippen LogP contribution in [0.5, 0.6) is 5.75 Å². The van der Waals surface area contributed by atoms with Crippen LogP contribution in [0.3, 0.4) is 0 Å². The van der Waals surface area contributed by atoms with E-state index in [9.17, 15) is 9.18 Å². The van der Waals surface area contributed by atoms with E-state index in [1.807, 2.05) is 31.2 Å². The highest BCUT2D eigenvalue weighted by molar-refractivity contribution is 6.02. The first-order valence-corrected chi connectivity index (χ1v) is 8.01. The monoisotopic (exact) mass is 326 g/mol. The molecule has 0 bridgehead atoms. The van der Waals surface area contributed by atoms with E-state index in [0.29, 0.717) is 13.2 Å². The van der Waals surface area contributed by atoms with Gasteiger partial charge in [-0.15, -0.1) is 0 Å². The molecule has 0 spiro atoms. The molecule has 2 aromatic carbocycles. The number of carbonyl (C=O) groups excluding carboxylic acids is 1. The number of hydrazone groups is 1. The summed E-state index contributed by atoms with van der Waals surface area (Å²) in [6.45, 7) is 3.15. The largest absolute Gasteiger partial charge is 0.494 e. The van der Waals surface area contributed by atoms with Crippen molar-refractivity contribution in [3.63, 3.8) is 0 Å². The van der Waals surface area contributed by atoms with E-state index in [1.54, 1.807) is 12.1 Å². The lowest BCUT2D eigenvalue weighted by Gasteiger charge is -2.11. The van der Waals surface area contributed by atoms with Crippen molar-refractivity contribution in [3.05, 3.63) is 65.5 Å². The molecule has 1 heterocycles. The van der Waals surface area contributed by atoms with Gasteiger partial charge in [-0.05, 0) is 54.4 Å². The average molecular weight is 326 g/mol. The smallest absolute Gasteiger partial charge is 0.247 e. The van der Waals surface area contributed by atoms with Crippen molar-refractivity contribution in [1.82, 2.24) is 5.01 Å². The van der Waals surface area contributed by atoms with Crippen LogP contribution in [0, 0.1) is 5.82 Å². The van der Waals surface area contributed by atoms with Crippen LogP contribution in [0.15, 0.2) is 53.6 Å². The Morgan fingerprint density at radius 3 is 2.54 bits per heavy atom. The highest BCUT2D eigenvalue weighted by Gasteiger charge is 2.21. The number of hydrogen-bond acceptors (Lipinski definition) is 3. The lowest BCUT2D eigenvalue weighted by atomic mass is 10.1. The molecule has 1 amide bonds. The van der Waals surface area contributed by atoms with Crippen molar-refractivity contribution in [2.45, 2.75) is 19.8 Å². The molecule has 124 valence electrons. The second kappa shape index (κ2) is 7.25. The number of carbonyl (C=O) groups is 1. The second-order valence-electron chi connectivity index (χ2n) is 5.57. The zero-order chi connectivity index (χ0) is 16.9. The quantitative estimate of drug-likeness (QED) is 0.845. The molecule has 3 rings (SSSR count). The second-order valence-corrected chi connectivity index (χ2v) is 5.57. The van der Waals surface area contributed by atoms with Crippen molar-refractivity contribution in [2.75, 3.05) is 13.2 Å². The molecule has 24 heavy (non-hydrogen) atoms. The van der Waals surface area contributed by atoms with Gasteiger partial charge in [0, 0.05) is 6.42 Å². The minimum atomic E-state index is -0.303. The van der Waals surface area contributed by atoms with Gasteiger partial charge in [-0.25, -0.2) is 9.40 Å². The SMILES string of the molecule is CCOc1ccc(C2=NN(C(=O)Cc3ccc(F)cc3)CC2)cc1. The van der Waals surface area contributed by atoms with Gasteiger partial charge in [0.1, 0.15) is 11.6 Å². The van der Waals surface area contributed by atoms with Gasteiger partial charge in [-0.1, -0.05) is 12.1 Å². The average Bonchev–Trinajstić information content (AvgIpc) is 3.08. The van der Waals surface area contributed by atoms with Crippen molar-refractivity contribution < 1.29 is 13.9 Å². The van der Waals surface area contributed by atoms with Crippen LogP contribution >= 0.6 is 0 Å². The fraction of sp³-hybridized carbons (Fsp3) is 0.263. The third-order valence-electron chi connectivity index (χ3n) is 3.86. The zero-order valence-electron chi connectivity index (χ0n) is 13.5. The van der Waals surface area contributed by atoms with Gasteiger partial charge in [0.25, 0.3) is 0 Å². The molecule has 1 aliphatic heterocycles. The van der Waals surface area contributed by atoms with Gasteiger partial charge in [-0.3, -0.25) is 4.79 Å². The number of nitrogens with zero attached hydrogens (tertiary/aromatic N) is 2. The van der Waals surface area contributed by atoms with E-state index in [2.05, 4.69) is 5.10 Å². The Morgan fingerprint density at radius 2 is 1.88 bits per heavy atom. The number of hydrogen-bond donors (Lipinski definition) is 0. The molecule has 4 nitrogen and oxygen atoms in total. The van der Waals surface area contributed by atoms with Crippen molar-refractivity contribution in [1.29, 1.82) is 0 Å². The number of benzene rings is 2. The summed E-state index contributed by atoms with van der Waals surface area (Å²) in [5, 5.41) is 5.93. The summed E-state index contributed by atoms with van der Waals surface area (Å²) >= 11 is 0. The minimum absolute atomic E-state index is 0.0810.